The number of ether oxygens (including phenoxy) is 1. The van der Waals surface area contributed by atoms with Crippen LogP contribution in [-0.4, -0.2) is 24.2 Å². The maximum Gasteiger partial charge on any atom is 0.316 e. The van der Waals surface area contributed by atoms with Crippen LogP contribution in [0.1, 0.15) is 19.8 Å². The van der Waals surface area contributed by atoms with Crippen LogP contribution in [0.25, 0.3) is 0 Å². The Kier molecular flexibility index (Phi) is 4.75. The summed E-state index contributed by atoms with van der Waals surface area (Å²) in [7, 11) is 0. The van der Waals surface area contributed by atoms with Gasteiger partial charge in [-0.3, -0.25) is 16.0 Å². The Morgan fingerprint density at radius 3 is 2.90 bits per heavy atom. The van der Waals surface area contributed by atoms with Crippen LogP contribution in [0.3, 0.4) is 0 Å². The number of hydrazine groups is 1. The molecular formula is C13H20N4O3. The van der Waals surface area contributed by atoms with E-state index in [1.54, 1.807) is 18.2 Å². The third kappa shape index (κ3) is 3.00. The fourth-order valence-electron chi connectivity index (χ4n) is 2.62. The summed E-state index contributed by atoms with van der Waals surface area (Å²) in [5.74, 6) is 5.70. The van der Waals surface area contributed by atoms with E-state index in [1.807, 2.05) is 0 Å². The molecule has 0 bridgehead atoms. The number of para-hydroxylation sites is 1. The van der Waals surface area contributed by atoms with Gasteiger partial charge in [-0.2, -0.15) is 0 Å². The maximum absolute atomic E-state index is 11.2. The molecule has 1 aromatic carbocycles. The van der Waals surface area contributed by atoms with Crippen LogP contribution in [0.5, 0.6) is 0 Å². The number of anilines is 2. The monoisotopic (exact) mass is 280 g/mol. The summed E-state index contributed by atoms with van der Waals surface area (Å²) >= 11 is 0. The summed E-state index contributed by atoms with van der Waals surface area (Å²) in [6.07, 6.45) is 2.17. The van der Waals surface area contributed by atoms with E-state index in [1.165, 1.54) is 0 Å². The molecule has 0 aromatic heterocycles. The van der Waals surface area contributed by atoms with Gasteiger partial charge in [-0.15, -0.1) is 0 Å². The van der Waals surface area contributed by atoms with Gasteiger partial charge in [-0.1, -0.05) is 13.0 Å². The summed E-state index contributed by atoms with van der Waals surface area (Å²) in [5, 5.41) is 14.3. The summed E-state index contributed by atoms with van der Waals surface area (Å²) in [6.45, 7) is 3.51. The van der Waals surface area contributed by atoms with Gasteiger partial charge in [-0.25, -0.2) is 0 Å². The van der Waals surface area contributed by atoms with Gasteiger partial charge in [0, 0.05) is 19.1 Å². The molecular weight excluding hydrogens is 260 g/mol. The molecule has 2 unspecified atom stereocenters. The lowest BCUT2D eigenvalue weighted by molar-refractivity contribution is -0.383. The molecule has 0 saturated carbocycles. The minimum atomic E-state index is -0.431. The zero-order valence-corrected chi connectivity index (χ0v) is 11.5. The topological polar surface area (TPSA) is 102 Å². The number of hydrogen-bond acceptors (Lipinski definition) is 6. The van der Waals surface area contributed by atoms with Crippen LogP contribution < -0.4 is 16.6 Å². The predicted molar refractivity (Wildman–Crippen MR) is 77.5 cm³/mol. The van der Waals surface area contributed by atoms with Crippen molar-refractivity contribution in [2.24, 2.45) is 11.8 Å². The number of nitro benzene ring substituents is 1. The molecule has 1 saturated heterocycles. The minimum absolute atomic E-state index is 0.0260. The number of rotatable bonds is 6. The van der Waals surface area contributed by atoms with E-state index in [-0.39, 0.29) is 11.8 Å². The van der Waals surface area contributed by atoms with Crippen LogP contribution in [0.4, 0.5) is 17.1 Å². The van der Waals surface area contributed by atoms with Crippen molar-refractivity contribution in [3.05, 3.63) is 28.3 Å². The second-order valence-electron chi connectivity index (χ2n) is 4.85. The average Bonchev–Trinajstić information content (AvgIpc) is 2.91. The second-order valence-corrected chi connectivity index (χ2v) is 4.85. The Balaban J connectivity index is 2.11. The molecule has 110 valence electrons. The summed E-state index contributed by atoms with van der Waals surface area (Å²) < 4.78 is 5.62. The third-order valence-electron chi connectivity index (χ3n) is 3.68. The third-order valence-corrected chi connectivity index (χ3v) is 3.68. The molecule has 0 aliphatic carbocycles. The lowest BCUT2D eigenvalue weighted by atomic mass is 9.99. The largest absolute Gasteiger partial charge is 0.379 e. The van der Waals surface area contributed by atoms with Gasteiger partial charge in [-0.05, 0) is 25.0 Å². The molecule has 20 heavy (non-hydrogen) atoms. The van der Waals surface area contributed by atoms with Gasteiger partial charge >= 0.3 is 5.69 Å². The van der Waals surface area contributed by atoms with Crippen LogP contribution in [0.15, 0.2) is 18.2 Å². The first-order chi connectivity index (χ1) is 9.67. The Bertz CT molecular complexity index is 481. The van der Waals surface area contributed by atoms with Crippen molar-refractivity contribution in [1.29, 1.82) is 0 Å². The lowest BCUT2D eigenvalue weighted by Gasteiger charge is -2.18. The summed E-state index contributed by atoms with van der Waals surface area (Å²) in [6, 6.07) is 5.00. The van der Waals surface area contributed by atoms with Crippen molar-refractivity contribution in [3.63, 3.8) is 0 Å². The Hall–Kier alpha value is -1.86. The molecule has 0 radical (unpaired) electrons. The van der Waals surface area contributed by atoms with E-state index in [0.29, 0.717) is 23.8 Å². The van der Waals surface area contributed by atoms with Crippen molar-refractivity contribution in [2.45, 2.75) is 25.9 Å². The van der Waals surface area contributed by atoms with Crippen molar-refractivity contribution in [1.82, 2.24) is 0 Å². The van der Waals surface area contributed by atoms with E-state index in [2.05, 4.69) is 17.7 Å². The average molecular weight is 280 g/mol. The second kappa shape index (κ2) is 6.53. The Morgan fingerprint density at radius 2 is 2.25 bits per heavy atom. The Morgan fingerprint density at radius 1 is 1.50 bits per heavy atom. The molecule has 2 rings (SSSR count). The zero-order valence-electron chi connectivity index (χ0n) is 11.5. The van der Waals surface area contributed by atoms with Gasteiger partial charge in [0.15, 0.2) is 0 Å². The number of nitro groups is 1. The number of nitrogens with two attached hydrogens (primary N) is 1. The predicted octanol–water partition coefficient (Wildman–Crippen LogP) is 2.11. The first-order valence-electron chi connectivity index (χ1n) is 6.76. The van der Waals surface area contributed by atoms with Crippen LogP contribution in [0.2, 0.25) is 0 Å². The fraction of sp³-hybridized carbons (Fsp3) is 0.538. The molecule has 1 aliphatic rings. The molecule has 0 spiro atoms. The van der Waals surface area contributed by atoms with Crippen LogP contribution >= 0.6 is 0 Å². The first kappa shape index (κ1) is 14.5. The molecule has 1 aromatic rings. The van der Waals surface area contributed by atoms with Crippen molar-refractivity contribution < 1.29 is 9.66 Å². The van der Waals surface area contributed by atoms with Gasteiger partial charge < -0.3 is 15.5 Å². The van der Waals surface area contributed by atoms with E-state index >= 15 is 0 Å². The number of nitrogens with zero attached hydrogens (tertiary/aromatic N) is 1. The molecule has 1 fully saturated rings. The fourth-order valence-corrected chi connectivity index (χ4v) is 2.62. The van der Waals surface area contributed by atoms with Gasteiger partial charge in [0.2, 0.25) is 0 Å². The standard InChI is InChI=1S/C13H20N4O3/c1-2-12-9(6-7-20-12)8-15-10-4-3-5-11(16-14)13(10)17(18)19/h3-5,9,12,15-16H,2,6-8,14H2,1H3. The highest BCUT2D eigenvalue weighted by atomic mass is 16.6. The SMILES string of the molecule is CCC1OCCC1CNc1cccc(NN)c1[N+](=O)[O-]. The normalized spacial score (nSPS) is 21.7. The smallest absolute Gasteiger partial charge is 0.316 e. The van der Waals surface area contributed by atoms with Gasteiger partial charge in [0.1, 0.15) is 11.4 Å². The molecule has 2 atom stereocenters. The van der Waals surface area contributed by atoms with E-state index in [4.69, 9.17) is 10.6 Å². The highest BCUT2D eigenvalue weighted by molar-refractivity contribution is 5.75. The van der Waals surface area contributed by atoms with Crippen molar-refractivity contribution in [3.8, 4) is 0 Å². The highest BCUT2D eigenvalue weighted by Crippen LogP contribution is 2.33. The molecule has 0 amide bonds. The lowest BCUT2D eigenvalue weighted by Crippen LogP contribution is -2.23. The van der Waals surface area contributed by atoms with Crippen molar-refractivity contribution in [2.75, 3.05) is 23.9 Å². The molecule has 1 aliphatic heterocycles. The quantitative estimate of drug-likeness (QED) is 0.419. The number of benzene rings is 1. The van der Waals surface area contributed by atoms with Gasteiger partial charge in [0.05, 0.1) is 11.0 Å². The number of nitrogen functional groups attached to an aromatic ring is 1. The molecule has 7 heteroatoms. The van der Waals surface area contributed by atoms with Gasteiger partial charge in [0.25, 0.3) is 0 Å². The van der Waals surface area contributed by atoms with E-state index < -0.39 is 4.92 Å². The highest BCUT2D eigenvalue weighted by Gasteiger charge is 2.27. The molecule has 4 N–H and O–H groups in total. The van der Waals surface area contributed by atoms with Crippen LogP contribution in [0, 0.1) is 16.0 Å². The van der Waals surface area contributed by atoms with Crippen LogP contribution in [-0.2, 0) is 4.74 Å². The number of hydrogen-bond donors (Lipinski definition) is 3. The summed E-state index contributed by atoms with van der Waals surface area (Å²) in [5.41, 5.74) is 3.11. The van der Waals surface area contributed by atoms with Crippen molar-refractivity contribution >= 4 is 17.1 Å². The summed E-state index contributed by atoms with van der Waals surface area (Å²) in [4.78, 5) is 10.7. The first-order valence-corrected chi connectivity index (χ1v) is 6.76. The molecule has 7 nitrogen and oxygen atoms in total. The van der Waals surface area contributed by atoms with E-state index in [9.17, 15) is 10.1 Å². The molecule has 1 heterocycles. The number of nitrogens with one attached hydrogen (secondary N) is 2. The zero-order chi connectivity index (χ0) is 14.5. The van der Waals surface area contributed by atoms with E-state index in [0.717, 1.165) is 19.4 Å². The Labute approximate surface area is 117 Å². The minimum Gasteiger partial charge on any atom is -0.379 e. The maximum atomic E-state index is 11.2.